The minimum absolute atomic E-state index is 0.0293. The summed E-state index contributed by atoms with van der Waals surface area (Å²) in [6.45, 7) is 0.737. The monoisotopic (exact) mass is 385 g/mol. The molecule has 4 unspecified atom stereocenters. The predicted molar refractivity (Wildman–Crippen MR) is 106 cm³/mol. The van der Waals surface area contributed by atoms with Gasteiger partial charge in [-0.25, -0.2) is 0 Å². The number of hydrogen-bond acceptors (Lipinski definition) is 5. The Hall–Kier alpha value is -1.63. The van der Waals surface area contributed by atoms with Gasteiger partial charge >= 0.3 is 0 Å². The number of hydrazine groups is 1. The second-order valence-electron chi connectivity index (χ2n) is 9.05. The number of fused-ring (bicyclic) bond motifs is 2. The molecule has 0 aromatic heterocycles. The summed E-state index contributed by atoms with van der Waals surface area (Å²) in [4.78, 5) is 13.0. The van der Waals surface area contributed by atoms with E-state index < -0.39 is 0 Å². The molecule has 1 saturated heterocycles. The minimum Gasteiger partial charge on any atom is -0.493 e. The van der Waals surface area contributed by atoms with Crippen molar-refractivity contribution >= 4 is 5.91 Å². The number of carbonyl (C=O) groups excluding carboxylic acids is 1. The number of aliphatic hydroxyl groups excluding tert-OH is 1. The third-order valence-corrected chi connectivity index (χ3v) is 7.21. The van der Waals surface area contributed by atoms with Crippen LogP contribution in [0.25, 0.3) is 0 Å². The average Bonchev–Trinajstić information content (AvgIpc) is 3.30. The molecule has 1 aromatic rings. The number of amides is 1. The molecule has 1 amide bonds. The fourth-order valence-electron chi connectivity index (χ4n) is 5.55. The van der Waals surface area contributed by atoms with Gasteiger partial charge in [-0.15, -0.1) is 0 Å². The average molecular weight is 386 g/mol. The van der Waals surface area contributed by atoms with E-state index in [1.807, 2.05) is 6.07 Å². The predicted octanol–water partition coefficient (Wildman–Crippen LogP) is 1.97. The summed E-state index contributed by atoms with van der Waals surface area (Å²) in [7, 11) is 0. The van der Waals surface area contributed by atoms with Crippen molar-refractivity contribution in [1.29, 1.82) is 0 Å². The third-order valence-electron chi connectivity index (χ3n) is 7.21. The summed E-state index contributed by atoms with van der Waals surface area (Å²) < 4.78 is 5.63. The summed E-state index contributed by atoms with van der Waals surface area (Å²) in [5, 5.41) is 13.1. The van der Waals surface area contributed by atoms with Crippen molar-refractivity contribution in [2.24, 2.45) is 11.8 Å². The van der Waals surface area contributed by atoms with Crippen LogP contribution in [0.15, 0.2) is 18.2 Å². The summed E-state index contributed by atoms with van der Waals surface area (Å²) in [6, 6.07) is 6.99. The van der Waals surface area contributed by atoms with Crippen LogP contribution in [-0.4, -0.2) is 35.8 Å². The van der Waals surface area contributed by atoms with Crippen molar-refractivity contribution in [2.45, 2.75) is 75.6 Å². The summed E-state index contributed by atoms with van der Waals surface area (Å²) in [5.74, 6) is 1.93. The molecule has 2 aliphatic heterocycles. The first-order chi connectivity index (χ1) is 13.7. The van der Waals surface area contributed by atoms with Gasteiger partial charge in [0.25, 0.3) is 0 Å². The standard InChI is InChI=1S/C22H31N3O3/c26-16-10-15(11-16)22(14-5-6-20-13(9-14)7-8-28-20)23-21(27)12-19-17-3-1-2-4-18(17)24-25-19/h5-6,9,15-19,22,24-26H,1-4,7-8,10-12H2,(H,23,27). The van der Waals surface area contributed by atoms with Crippen molar-refractivity contribution in [2.75, 3.05) is 6.61 Å². The second kappa shape index (κ2) is 7.65. The largest absolute Gasteiger partial charge is 0.493 e. The zero-order valence-corrected chi connectivity index (χ0v) is 16.3. The van der Waals surface area contributed by atoms with Crippen LogP contribution in [0.3, 0.4) is 0 Å². The first-order valence-corrected chi connectivity index (χ1v) is 10.9. The highest BCUT2D eigenvalue weighted by Crippen LogP contribution is 2.40. The highest BCUT2D eigenvalue weighted by Gasteiger charge is 2.40. The SMILES string of the molecule is O=C(CC1NNC2CCCCC21)NC(c1ccc2c(c1)CCO2)C1CC(O)C1. The number of aliphatic hydroxyl groups is 1. The van der Waals surface area contributed by atoms with E-state index in [9.17, 15) is 9.90 Å². The van der Waals surface area contributed by atoms with E-state index in [-0.39, 0.29) is 24.1 Å². The molecule has 2 saturated carbocycles. The van der Waals surface area contributed by atoms with Crippen molar-refractivity contribution in [3.8, 4) is 5.75 Å². The molecule has 0 bridgehead atoms. The topological polar surface area (TPSA) is 82.6 Å². The van der Waals surface area contributed by atoms with E-state index in [1.165, 1.54) is 31.2 Å². The lowest BCUT2D eigenvalue weighted by Gasteiger charge is -2.38. The molecule has 28 heavy (non-hydrogen) atoms. The zero-order valence-electron chi connectivity index (χ0n) is 16.3. The molecule has 5 rings (SSSR count). The highest BCUT2D eigenvalue weighted by atomic mass is 16.5. The second-order valence-corrected chi connectivity index (χ2v) is 9.05. The van der Waals surface area contributed by atoms with Crippen LogP contribution < -0.4 is 20.9 Å². The molecular formula is C22H31N3O3. The molecular weight excluding hydrogens is 354 g/mol. The minimum atomic E-state index is -0.231. The molecule has 6 nitrogen and oxygen atoms in total. The molecule has 4 atom stereocenters. The van der Waals surface area contributed by atoms with Crippen LogP contribution in [0.1, 0.15) is 62.1 Å². The number of rotatable bonds is 5. The summed E-state index contributed by atoms with van der Waals surface area (Å²) in [5.41, 5.74) is 9.14. The molecule has 2 aliphatic carbocycles. The van der Waals surface area contributed by atoms with E-state index in [4.69, 9.17) is 4.74 Å². The quantitative estimate of drug-likeness (QED) is 0.623. The van der Waals surface area contributed by atoms with Gasteiger partial charge in [0.2, 0.25) is 5.91 Å². The maximum atomic E-state index is 13.0. The number of benzene rings is 1. The Balaban J connectivity index is 1.27. The van der Waals surface area contributed by atoms with Crippen LogP contribution in [0.2, 0.25) is 0 Å². The highest BCUT2D eigenvalue weighted by molar-refractivity contribution is 5.77. The molecule has 0 radical (unpaired) electrons. The lowest BCUT2D eigenvalue weighted by molar-refractivity contribution is -0.123. The molecule has 4 aliphatic rings. The van der Waals surface area contributed by atoms with Crippen molar-refractivity contribution in [3.63, 3.8) is 0 Å². The zero-order chi connectivity index (χ0) is 19.1. The molecule has 4 N–H and O–H groups in total. The van der Waals surface area contributed by atoms with Crippen LogP contribution in [0.5, 0.6) is 5.75 Å². The Bertz CT molecular complexity index is 734. The van der Waals surface area contributed by atoms with Crippen molar-refractivity contribution < 1.29 is 14.6 Å². The van der Waals surface area contributed by atoms with E-state index in [0.29, 0.717) is 24.3 Å². The van der Waals surface area contributed by atoms with Gasteiger partial charge in [0.05, 0.1) is 18.8 Å². The summed E-state index contributed by atoms with van der Waals surface area (Å²) in [6.07, 6.45) is 7.67. The third kappa shape index (κ3) is 3.53. The van der Waals surface area contributed by atoms with Crippen molar-refractivity contribution in [3.05, 3.63) is 29.3 Å². The molecule has 3 fully saturated rings. The van der Waals surface area contributed by atoms with E-state index in [0.717, 1.165) is 37.2 Å². The normalized spacial score (nSPS) is 34.7. The Labute approximate surface area is 166 Å². The Morgan fingerprint density at radius 1 is 1.25 bits per heavy atom. The number of hydrogen-bond donors (Lipinski definition) is 4. The Morgan fingerprint density at radius 3 is 2.96 bits per heavy atom. The van der Waals surface area contributed by atoms with Crippen LogP contribution in [0.4, 0.5) is 0 Å². The number of nitrogens with one attached hydrogen (secondary N) is 3. The van der Waals surface area contributed by atoms with Gasteiger partial charge in [-0.2, -0.15) is 0 Å². The van der Waals surface area contributed by atoms with Crippen LogP contribution in [-0.2, 0) is 11.2 Å². The molecule has 6 heteroatoms. The van der Waals surface area contributed by atoms with Crippen LogP contribution in [0, 0.1) is 11.8 Å². The Morgan fingerprint density at radius 2 is 2.11 bits per heavy atom. The number of carbonyl (C=O) groups is 1. The first kappa shape index (κ1) is 18.4. The van der Waals surface area contributed by atoms with Gasteiger partial charge in [0.15, 0.2) is 0 Å². The summed E-state index contributed by atoms with van der Waals surface area (Å²) >= 11 is 0. The molecule has 1 aromatic carbocycles. The van der Waals surface area contributed by atoms with E-state index in [1.54, 1.807) is 0 Å². The molecule has 0 spiro atoms. The van der Waals surface area contributed by atoms with Gasteiger partial charge in [0.1, 0.15) is 5.75 Å². The fraction of sp³-hybridized carbons (Fsp3) is 0.682. The first-order valence-electron chi connectivity index (χ1n) is 10.9. The lowest BCUT2D eigenvalue weighted by atomic mass is 9.74. The van der Waals surface area contributed by atoms with Gasteiger partial charge < -0.3 is 15.2 Å². The Kier molecular flexibility index (Phi) is 5.03. The smallest absolute Gasteiger partial charge is 0.222 e. The van der Waals surface area contributed by atoms with Gasteiger partial charge in [-0.3, -0.25) is 15.6 Å². The molecule has 2 heterocycles. The number of ether oxygens (including phenoxy) is 1. The van der Waals surface area contributed by atoms with Gasteiger partial charge in [-0.05, 0) is 60.8 Å². The van der Waals surface area contributed by atoms with Gasteiger partial charge in [-0.1, -0.05) is 18.9 Å². The van der Waals surface area contributed by atoms with Crippen LogP contribution >= 0.6 is 0 Å². The lowest BCUT2D eigenvalue weighted by Crippen LogP contribution is -2.43. The molecule has 152 valence electrons. The van der Waals surface area contributed by atoms with E-state index >= 15 is 0 Å². The van der Waals surface area contributed by atoms with E-state index in [2.05, 4.69) is 28.3 Å². The van der Waals surface area contributed by atoms with Gasteiger partial charge in [0, 0.05) is 24.9 Å². The van der Waals surface area contributed by atoms with Crippen molar-refractivity contribution in [1.82, 2.24) is 16.2 Å². The fourth-order valence-corrected chi connectivity index (χ4v) is 5.55. The maximum absolute atomic E-state index is 13.0. The maximum Gasteiger partial charge on any atom is 0.222 e.